The molecule has 29 heavy (non-hydrogen) atoms. The van der Waals surface area contributed by atoms with E-state index in [-0.39, 0.29) is 17.6 Å². The summed E-state index contributed by atoms with van der Waals surface area (Å²) in [6.07, 6.45) is 2.16. The number of nitrogens with zero attached hydrogens (tertiary/aromatic N) is 2. The van der Waals surface area contributed by atoms with Crippen molar-refractivity contribution in [3.8, 4) is 16.3 Å². The van der Waals surface area contributed by atoms with E-state index in [2.05, 4.69) is 10.3 Å². The lowest BCUT2D eigenvalue weighted by molar-refractivity contribution is -0.120. The molecule has 0 radical (unpaired) electrons. The Balaban J connectivity index is 1.50. The molecule has 7 nitrogen and oxygen atoms in total. The maximum Gasteiger partial charge on any atom is 0.227 e. The Hall–Kier alpha value is -2.49. The van der Waals surface area contributed by atoms with E-state index in [0.717, 1.165) is 10.2 Å². The zero-order valence-corrected chi connectivity index (χ0v) is 17.5. The van der Waals surface area contributed by atoms with Gasteiger partial charge >= 0.3 is 0 Å². The van der Waals surface area contributed by atoms with E-state index in [9.17, 15) is 18.3 Å². The maximum atomic E-state index is 12.6. The predicted molar refractivity (Wildman–Crippen MR) is 114 cm³/mol. The summed E-state index contributed by atoms with van der Waals surface area (Å²) in [5.74, 6) is -0.282. The highest BCUT2D eigenvalue weighted by atomic mass is 32.2. The third-order valence-electron chi connectivity index (χ3n) is 5.08. The maximum absolute atomic E-state index is 12.6. The molecule has 152 valence electrons. The molecule has 0 bridgehead atoms. The fourth-order valence-corrected chi connectivity index (χ4v) is 5.33. The summed E-state index contributed by atoms with van der Waals surface area (Å²) in [6, 6.07) is 12.7. The number of anilines is 1. The van der Waals surface area contributed by atoms with E-state index in [1.165, 1.54) is 21.9 Å². The van der Waals surface area contributed by atoms with Crippen molar-refractivity contribution in [2.24, 2.45) is 5.92 Å². The number of benzene rings is 2. The number of phenolic OH excluding ortho intramolecular Hbond substituents is 1. The first-order chi connectivity index (χ1) is 13.8. The summed E-state index contributed by atoms with van der Waals surface area (Å²) in [6.45, 7) is 0.701. The molecule has 0 spiro atoms. The second-order valence-corrected chi connectivity index (χ2v) is 10.2. The van der Waals surface area contributed by atoms with Crippen LogP contribution in [0.1, 0.15) is 12.8 Å². The highest BCUT2D eigenvalue weighted by molar-refractivity contribution is 7.88. The number of thiazole rings is 1. The molecule has 3 aromatic rings. The van der Waals surface area contributed by atoms with Gasteiger partial charge in [-0.3, -0.25) is 4.79 Å². The van der Waals surface area contributed by atoms with Crippen LogP contribution < -0.4 is 5.32 Å². The number of para-hydroxylation sites is 1. The SMILES string of the molecule is CS(=O)(=O)N1CCC(C(=O)Nc2ccc(O)c(-c3nc4ccccc4s3)c2)CC1. The minimum Gasteiger partial charge on any atom is -0.507 e. The largest absolute Gasteiger partial charge is 0.507 e. The Morgan fingerprint density at radius 1 is 1.21 bits per heavy atom. The van der Waals surface area contributed by atoms with Gasteiger partial charge in [-0.05, 0) is 43.2 Å². The van der Waals surface area contributed by atoms with E-state index in [0.29, 0.717) is 42.2 Å². The topological polar surface area (TPSA) is 99.6 Å². The lowest BCUT2D eigenvalue weighted by Crippen LogP contribution is -2.40. The average Bonchev–Trinajstić information content (AvgIpc) is 3.13. The fraction of sp³-hybridized carbons (Fsp3) is 0.300. The molecular weight excluding hydrogens is 410 g/mol. The number of carbonyl (C=O) groups is 1. The van der Waals surface area contributed by atoms with E-state index in [1.807, 2.05) is 24.3 Å². The number of aromatic nitrogens is 1. The zero-order valence-electron chi connectivity index (χ0n) is 15.8. The van der Waals surface area contributed by atoms with Crippen molar-refractivity contribution in [3.63, 3.8) is 0 Å². The molecule has 1 amide bonds. The van der Waals surface area contributed by atoms with Crippen molar-refractivity contribution in [1.29, 1.82) is 0 Å². The summed E-state index contributed by atoms with van der Waals surface area (Å²) < 4.78 is 25.7. The van der Waals surface area contributed by atoms with Crippen LogP contribution in [0.25, 0.3) is 20.8 Å². The molecule has 2 heterocycles. The Morgan fingerprint density at radius 2 is 1.93 bits per heavy atom. The summed E-state index contributed by atoms with van der Waals surface area (Å²) in [4.78, 5) is 17.2. The average molecular weight is 432 g/mol. The molecule has 0 atom stereocenters. The molecule has 2 aromatic carbocycles. The lowest BCUT2D eigenvalue weighted by Gasteiger charge is -2.29. The molecule has 4 rings (SSSR count). The number of sulfonamides is 1. The number of fused-ring (bicyclic) bond motifs is 1. The molecule has 1 aliphatic rings. The van der Waals surface area contributed by atoms with Crippen molar-refractivity contribution in [2.45, 2.75) is 12.8 Å². The van der Waals surface area contributed by atoms with Gasteiger partial charge in [0.1, 0.15) is 10.8 Å². The van der Waals surface area contributed by atoms with E-state index >= 15 is 0 Å². The minimum absolute atomic E-state index is 0.100. The van der Waals surface area contributed by atoms with Crippen LogP contribution in [0.5, 0.6) is 5.75 Å². The first kappa shape index (κ1) is 19.8. The molecule has 0 aliphatic carbocycles. The normalized spacial score (nSPS) is 16.2. The molecule has 9 heteroatoms. The number of nitrogens with one attached hydrogen (secondary N) is 1. The van der Waals surface area contributed by atoms with Gasteiger partial charge in [-0.1, -0.05) is 12.1 Å². The number of aromatic hydroxyl groups is 1. The van der Waals surface area contributed by atoms with Crippen LogP contribution in [0, 0.1) is 5.92 Å². The van der Waals surface area contributed by atoms with Crippen LogP contribution in [0.3, 0.4) is 0 Å². The predicted octanol–water partition coefficient (Wildman–Crippen LogP) is 3.28. The van der Waals surface area contributed by atoms with Gasteiger partial charge in [0.25, 0.3) is 0 Å². The number of rotatable bonds is 4. The van der Waals surface area contributed by atoms with Crippen LogP contribution in [0.2, 0.25) is 0 Å². The number of amides is 1. The fourth-order valence-electron chi connectivity index (χ4n) is 3.47. The molecule has 1 aliphatic heterocycles. The van der Waals surface area contributed by atoms with E-state index in [4.69, 9.17) is 0 Å². The lowest BCUT2D eigenvalue weighted by atomic mass is 9.97. The van der Waals surface area contributed by atoms with Crippen LogP contribution in [0.15, 0.2) is 42.5 Å². The van der Waals surface area contributed by atoms with Gasteiger partial charge in [0.15, 0.2) is 0 Å². The van der Waals surface area contributed by atoms with Crippen LogP contribution in [-0.4, -0.2) is 48.1 Å². The summed E-state index contributed by atoms with van der Waals surface area (Å²) in [5.41, 5.74) is 2.00. The highest BCUT2D eigenvalue weighted by Crippen LogP contribution is 2.37. The van der Waals surface area contributed by atoms with Crippen LogP contribution in [0.4, 0.5) is 5.69 Å². The third kappa shape index (κ3) is 4.26. The second kappa shape index (κ2) is 7.74. The standard InChI is InChI=1S/C20H21N3O4S2/c1-29(26,27)23-10-8-13(9-11-23)19(25)21-14-6-7-17(24)15(12-14)20-22-16-4-2-3-5-18(16)28-20/h2-7,12-13,24H,8-11H2,1H3,(H,21,25). The monoisotopic (exact) mass is 431 g/mol. The minimum atomic E-state index is -3.22. The number of hydrogen-bond donors (Lipinski definition) is 2. The van der Waals surface area contributed by atoms with Gasteiger partial charge in [-0.25, -0.2) is 17.7 Å². The van der Waals surface area contributed by atoms with Crippen LogP contribution >= 0.6 is 11.3 Å². The van der Waals surface area contributed by atoms with Gasteiger partial charge in [0.2, 0.25) is 15.9 Å². The molecule has 2 N–H and O–H groups in total. The summed E-state index contributed by atoms with van der Waals surface area (Å²) in [5, 5.41) is 13.9. The van der Waals surface area contributed by atoms with Gasteiger partial charge < -0.3 is 10.4 Å². The van der Waals surface area contributed by atoms with E-state index < -0.39 is 10.0 Å². The Kier molecular flexibility index (Phi) is 5.28. The smallest absolute Gasteiger partial charge is 0.227 e. The number of carbonyl (C=O) groups excluding carboxylic acids is 1. The number of phenols is 1. The van der Waals surface area contributed by atoms with Crippen molar-refractivity contribution >= 4 is 43.2 Å². The number of hydrogen-bond acceptors (Lipinski definition) is 6. The molecule has 0 saturated carbocycles. The van der Waals surface area contributed by atoms with Gasteiger partial charge in [0, 0.05) is 24.7 Å². The Bertz CT molecular complexity index is 1130. The second-order valence-electron chi connectivity index (χ2n) is 7.14. The molecule has 1 fully saturated rings. The van der Waals surface area contributed by atoms with Crippen molar-refractivity contribution in [3.05, 3.63) is 42.5 Å². The van der Waals surface area contributed by atoms with Crippen LogP contribution in [-0.2, 0) is 14.8 Å². The molecule has 1 saturated heterocycles. The van der Waals surface area contributed by atoms with Gasteiger partial charge in [-0.15, -0.1) is 11.3 Å². The Morgan fingerprint density at radius 3 is 2.62 bits per heavy atom. The zero-order chi connectivity index (χ0) is 20.6. The van der Waals surface area contributed by atoms with Gasteiger partial charge in [-0.2, -0.15) is 0 Å². The summed E-state index contributed by atoms with van der Waals surface area (Å²) >= 11 is 1.48. The Labute approximate surface area is 173 Å². The van der Waals surface area contributed by atoms with Crippen molar-refractivity contribution in [2.75, 3.05) is 24.7 Å². The third-order valence-corrected chi connectivity index (χ3v) is 7.45. The quantitative estimate of drug-likeness (QED) is 0.618. The first-order valence-electron chi connectivity index (χ1n) is 9.26. The van der Waals surface area contributed by atoms with Crippen molar-refractivity contribution in [1.82, 2.24) is 9.29 Å². The highest BCUT2D eigenvalue weighted by Gasteiger charge is 2.29. The molecule has 1 aromatic heterocycles. The molecular formula is C20H21N3O4S2. The molecule has 0 unspecified atom stereocenters. The van der Waals surface area contributed by atoms with Crippen molar-refractivity contribution < 1.29 is 18.3 Å². The van der Waals surface area contributed by atoms with E-state index in [1.54, 1.807) is 18.2 Å². The number of piperidine rings is 1. The first-order valence-corrected chi connectivity index (χ1v) is 11.9. The summed E-state index contributed by atoms with van der Waals surface area (Å²) in [7, 11) is -3.22. The van der Waals surface area contributed by atoms with Gasteiger partial charge in [0.05, 0.1) is 22.0 Å².